The fraction of sp³-hybridized carbons (Fsp3) is 0.0270. The SMILES string of the molecule is COc1ccc2c(c1)c1ccccc1c1cc3c(cc21)=c1ccccc1=c1ccccc1=c1ccccc1=3. The van der Waals surface area contributed by atoms with Crippen LogP contribution < -0.4 is 4.74 Å². The van der Waals surface area contributed by atoms with Crippen LogP contribution in [-0.4, -0.2) is 7.11 Å². The summed E-state index contributed by atoms with van der Waals surface area (Å²) in [4.78, 5) is 0. The minimum absolute atomic E-state index is 0.879. The second-order valence-corrected chi connectivity index (χ2v) is 10.0. The van der Waals surface area contributed by atoms with Gasteiger partial charge >= 0.3 is 0 Å². The minimum Gasteiger partial charge on any atom is -0.497 e. The molecule has 0 heterocycles. The first-order valence-corrected chi connectivity index (χ1v) is 13.1. The highest BCUT2D eigenvalue weighted by Crippen LogP contribution is 2.37. The lowest BCUT2D eigenvalue weighted by molar-refractivity contribution is 0.415. The van der Waals surface area contributed by atoms with Gasteiger partial charge in [-0.1, -0.05) is 103 Å². The Labute approximate surface area is 218 Å². The van der Waals surface area contributed by atoms with E-state index in [1.165, 1.54) is 74.1 Å². The Morgan fingerprint density at radius 3 is 1.08 bits per heavy atom. The summed E-state index contributed by atoms with van der Waals surface area (Å²) in [5.74, 6) is 0.879. The third kappa shape index (κ3) is 2.93. The van der Waals surface area contributed by atoms with Crippen molar-refractivity contribution in [3.8, 4) is 5.75 Å². The molecule has 38 heavy (non-hydrogen) atoms. The van der Waals surface area contributed by atoms with Crippen LogP contribution in [0.1, 0.15) is 0 Å². The number of fused-ring (bicyclic) bond motifs is 10. The first-order valence-electron chi connectivity index (χ1n) is 13.1. The van der Waals surface area contributed by atoms with Gasteiger partial charge in [0.1, 0.15) is 5.75 Å². The Morgan fingerprint density at radius 2 is 0.658 bits per heavy atom. The van der Waals surface area contributed by atoms with Gasteiger partial charge in [-0.3, -0.25) is 0 Å². The molecule has 1 heteroatoms. The number of benzene rings is 7. The van der Waals surface area contributed by atoms with Crippen LogP contribution in [0.3, 0.4) is 0 Å². The topological polar surface area (TPSA) is 9.23 Å². The molecule has 0 amide bonds. The number of hydrogen-bond donors (Lipinski definition) is 0. The molecule has 1 nitrogen and oxygen atoms in total. The second-order valence-electron chi connectivity index (χ2n) is 10.0. The summed E-state index contributed by atoms with van der Waals surface area (Å²) >= 11 is 0. The summed E-state index contributed by atoms with van der Waals surface area (Å²) in [6.45, 7) is 0. The molecule has 1 aliphatic rings. The van der Waals surface area contributed by atoms with Gasteiger partial charge in [-0.25, -0.2) is 0 Å². The van der Waals surface area contributed by atoms with Gasteiger partial charge in [0.05, 0.1) is 7.11 Å². The summed E-state index contributed by atoms with van der Waals surface area (Å²) in [5.41, 5.74) is 0. The van der Waals surface area contributed by atoms with Crippen molar-refractivity contribution in [2.24, 2.45) is 0 Å². The highest BCUT2D eigenvalue weighted by atomic mass is 16.5. The van der Waals surface area contributed by atoms with Crippen LogP contribution in [0.4, 0.5) is 0 Å². The van der Waals surface area contributed by atoms with Crippen molar-refractivity contribution in [1.82, 2.24) is 0 Å². The second kappa shape index (κ2) is 8.06. The van der Waals surface area contributed by atoms with Crippen molar-refractivity contribution in [3.63, 3.8) is 0 Å². The van der Waals surface area contributed by atoms with E-state index in [1.54, 1.807) is 7.11 Å². The fourth-order valence-corrected chi connectivity index (χ4v) is 6.41. The van der Waals surface area contributed by atoms with Gasteiger partial charge in [-0.05, 0) is 98.3 Å². The molecule has 7 aromatic carbocycles. The Bertz CT molecular complexity index is 2500. The molecule has 0 saturated heterocycles. The van der Waals surface area contributed by atoms with Crippen LogP contribution in [0.15, 0.2) is 127 Å². The summed E-state index contributed by atoms with van der Waals surface area (Å²) in [6, 6.07) is 46.6. The van der Waals surface area contributed by atoms with E-state index in [0.717, 1.165) is 5.75 Å². The van der Waals surface area contributed by atoms with Gasteiger partial charge < -0.3 is 4.74 Å². The first-order chi connectivity index (χ1) is 18.8. The Kier molecular flexibility index (Phi) is 4.50. The molecule has 0 bridgehead atoms. The molecule has 0 aromatic heterocycles. The lowest BCUT2D eigenvalue weighted by Crippen LogP contribution is -1.91. The van der Waals surface area contributed by atoms with E-state index in [-0.39, 0.29) is 0 Å². The lowest BCUT2D eigenvalue weighted by atomic mass is 9.92. The van der Waals surface area contributed by atoms with E-state index < -0.39 is 0 Å². The molecule has 8 rings (SSSR count). The van der Waals surface area contributed by atoms with E-state index in [4.69, 9.17) is 4.74 Å². The van der Waals surface area contributed by atoms with Gasteiger partial charge in [0, 0.05) is 0 Å². The maximum absolute atomic E-state index is 5.62. The average Bonchev–Trinajstić information content (AvgIpc) is 2.99. The molecule has 0 spiro atoms. The molecule has 0 atom stereocenters. The van der Waals surface area contributed by atoms with E-state index in [0.29, 0.717) is 0 Å². The van der Waals surface area contributed by atoms with Gasteiger partial charge in [-0.15, -0.1) is 0 Å². The first kappa shape index (κ1) is 21.2. The van der Waals surface area contributed by atoms with E-state index >= 15 is 0 Å². The Balaban J connectivity index is 1.82. The van der Waals surface area contributed by atoms with Crippen molar-refractivity contribution in [1.29, 1.82) is 0 Å². The van der Waals surface area contributed by atoms with Crippen molar-refractivity contribution in [3.05, 3.63) is 169 Å². The normalized spacial score (nSPS) is 11.8. The summed E-state index contributed by atoms with van der Waals surface area (Å²) in [6.07, 6.45) is 0. The molecular weight excluding hydrogens is 460 g/mol. The van der Waals surface area contributed by atoms with E-state index in [1.807, 2.05) is 0 Å². The van der Waals surface area contributed by atoms with Crippen molar-refractivity contribution < 1.29 is 4.74 Å². The predicted octanol–water partition coefficient (Wildman–Crippen LogP) is 8.62. The Morgan fingerprint density at radius 1 is 0.316 bits per heavy atom. The van der Waals surface area contributed by atoms with Crippen LogP contribution >= 0.6 is 0 Å². The van der Waals surface area contributed by atoms with Gasteiger partial charge in [0.15, 0.2) is 0 Å². The zero-order valence-corrected chi connectivity index (χ0v) is 21.0. The smallest absolute Gasteiger partial charge is 0.119 e. The van der Waals surface area contributed by atoms with Crippen molar-refractivity contribution >= 4 is 32.3 Å². The van der Waals surface area contributed by atoms with Crippen LogP contribution in [0.5, 0.6) is 5.75 Å². The quantitative estimate of drug-likeness (QED) is 0.212. The highest BCUT2D eigenvalue weighted by molar-refractivity contribution is 6.25. The van der Waals surface area contributed by atoms with Crippen LogP contribution in [-0.2, 0) is 0 Å². The summed E-state index contributed by atoms with van der Waals surface area (Å²) in [5, 5.41) is 17.7. The maximum atomic E-state index is 5.62. The maximum Gasteiger partial charge on any atom is 0.119 e. The number of rotatable bonds is 1. The standard InChI is InChI=1S/C37H24O/c1-38-23-18-19-32-33(20-23)30-16-8-9-17-31(30)36-21-34-28-14-6-4-12-26(28)24-10-2-3-11-25(24)27-13-5-7-15-29(27)35(34)22-37(32)36/h2-22H,1H3. The third-order valence-electron chi connectivity index (χ3n) is 8.12. The van der Waals surface area contributed by atoms with Crippen molar-refractivity contribution in [2.75, 3.05) is 7.11 Å². The largest absolute Gasteiger partial charge is 0.497 e. The van der Waals surface area contributed by atoms with Gasteiger partial charge in [0.2, 0.25) is 0 Å². The van der Waals surface area contributed by atoms with E-state index in [9.17, 15) is 0 Å². The molecule has 0 fully saturated rings. The number of hydrogen-bond acceptors (Lipinski definition) is 1. The summed E-state index contributed by atoms with van der Waals surface area (Å²) < 4.78 is 5.62. The van der Waals surface area contributed by atoms with Crippen LogP contribution in [0.25, 0.3) is 32.3 Å². The van der Waals surface area contributed by atoms with Crippen LogP contribution in [0.2, 0.25) is 0 Å². The van der Waals surface area contributed by atoms with Crippen LogP contribution in [0, 0.1) is 41.7 Å². The lowest BCUT2D eigenvalue weighted by Gasteiger charge is -2.12. The molecule has 0 unspecified atom stereocenters. The Hall–Kier alpha value is -4.88. The molecule has 0 radical (unpaired) electrons. The molecule has 0 aliphatic heterocycles. The fourth-order valence-electron chi connectivity index (χ4n) is 6.41. The third-order valence-corrected chi connectivity index (χ3v) is 8.12. The van der Waals surface area contributed by atoms with Crippen molar-refractivity contribution in [2.45, 2.75) is 0 Å². The average molecular weight is 485 g/mol. The summed E-state index contributed by atoms with van der Waals surface area (Å²) in [7, 11) is 1.74. The molecule has 178 valence electrons. The number of methoxy groups -OCH3 is 1. The predicted molar refractivity (Wildman–Crippen MR) is 156 cm³/mol. The molecule has 1 aliphatic carbocycles. The number of ether oxygens (including phenoxy) is 1. The molecule has 7 aromatic rings. The highest BCUT2D eigenvalue weighted by Gasteiger charge is 2.11. The molecule has 0 N–H and O–H groups in total. The monoisotopic (exact) mass is 484 g/mol. The molecule has 0 saturated carbocycles. The minimum atomic E-state index is 0.879. The zero-order chi connectivity index (χ0) is 25.2. The van der Waals surface area contributed by atoms with Gasteiger partial charge in [-0.2, -0.15) is 0 Å². The van der Waals surface area contributed by atoms with E-state index in [2.05, 4.69) is 127 Å². The molecular formula is C37H24O. The van der Waals surface area contributed by atoms with Gasteiger partial charge in [0.25, 0.3) is 0 Å². The zero-order valence-electron chi connectivity index (χ0n) is 21.0.